The number of amides is 1. The molecule has 0 aromatic heterocycles. The minimum Gasteiger partial charge on any atom is -0.325 e. The van der Waals surface area contributed by atoms with Crippen LogP contribution in [0.3, 0.4) is 0 Å². The van der Waals surface area contributed by atoms with Crippen molar-refractivity contribution in [3.63, 3.8) is 0 Å². The Bertz CT molecular complexity index is 992. The number of piperazine rings is 1. The minimum atomic E-state index is -3.85. The second-order valence-electron chi connectivity index (χ2n) is 7.67. The van der Waals surface area contributed by atoms with E-state index in [0.29, 0.717) is 5.69 Å². The van der Waals surface area contributed by atoms with Gasteiger partial charge in [-0.1, -0.05) is 30.3 Å². The summed E-state index contributed by atoms with van der Waals surface area (Å²) in [5, 5.41) is 8.15. The van der Waals surface area contributed by atoms with Crippen LogP contribution in [-0.2, 0) is 14.8 Å². The van der Waals surface area contributed by atoms with E-state index in [1.165, 1.54) is 17.7 Å². The molecule has 156 valence electrons. The number of aryl methyl sites for hydroxylation is 1. The number of nitrogens with zero attached hydrogens (tertiary/aromatic N) is 2. The summed E-state index contributed by atoms with van der Waals surface area (Å²) in [7, 11) is -1.76. The summed E-state index contributed by atoms with van der Waals surface area (Å²) in [6.45, 7) is 6.38. The van der Waals surface area contributed by atoms with E-state index < -0.39 is 10.0 Å². The number of sulfonamides is 1. The molecule has 1 heterocycles. The van der Waals surface area contributed by atoms with Crippen molar-refractivity contribution in [2.24, 2.45) is 5.14 Å². The molecule has 3 N–H and O–H groups in total. The molecule has 1 aliphatic heterocycles. The molecule has 0 radical (unpaired) electrons. The molecule has 1 atom stereocenters. The van der Waals surface area contributed by atoms with E-state index in [4.69, 9.17) is 5.14 Å². The van der Waals surface area contributed by atoms with Crippen molar-refractivity contribution in [2.75, 3.05) is 38.5 Å². The molecule has 1 amide bonds. The van der Waals surface area contributed by atoms with Crippen LogP contribution in [0.25, 0.3) is 0 Å². The zero-order valence-electron chi connectivity index (χ0n) is 17.1. The van der Waals surface area contributed by atoms with Crippen molar-refractivity contribution in [3.05, 3.63) is 59.2 Å². The molecule has 0 bridgehead atoms. The van der Waals surface area contributed by atoms with Crippen LogP contribution in [0.4, 0.5) is 5.69 Å². The fourth-order valence-corrected chi connectivity index (χ4v) is 4.26. The maximum atomic E-state index is 12.8. The third-order valence-corrected chi connectivity index (χ3v) is 6.36. The highest BCUT2D eigenvalue weighted by Gasteiger charge is 2.28. The summed E-state index contributed by atoms with van der Waals surface area (Å²) in [4.78, 5) is 17.2. The molecule has 1 fully saturated rings. The van der Waals surface area contributed by atoms with E-state index in [1.807, 2.05) is 25.1 Å². The number of nitrogens with two attached hydrogens (primary N) is 1. The molecule has 2 aromatic carbocycles. The Morgan fingerprint density at radius 1 is 1.17 bits per heavy atom. The van der Waals surface area contributed by atoms with Crippen molar-refractivity contribution in [2.45, 2.75) is 24.8 Å². The number of hydrogen-bond acceptors (Lipinski definition) is 5. The average Bonchev–Trinajstić information content (AvgIpc) is 2.66. The maximum absolute atomic E-state index is 12.8. The summed E-state index contributed by atoms with van der Waals surface area (Å²) in [5.41, 5.74) is 3.23. The zero-order valence-corrected chi connectivity index (χ0v) is 17.9. The third-order valence-electron chi connectivity index (χ3n) is 5.47. The number of anilines is 1. The van der Waals surface area contributed by atoms with Crippen molar-refractivity contribution in [1.29, 1.82) is 0 Å². The average molecular weight is 417 g/mol. The lowest BCUT2D eigenvalue weighted by molar-refractivity contribution is -0.118. The Balaban J connectivity index is 1.78. The number of benzene rings is 2. The first kappa shape index (κ1) is 21.4. The second kappa shape index (κ2) is 8.62. The van der Waals surface area contributed by atoms with E-state index in [1.54, 1.807) is 6.92 Å². The molecule has 8 heteroatoms. The predicted molar refractivity (Wildman–Crippen MR) is 114 cm³/mol. The maximum Gasteiger partial charge on any atom is 0.238 e. The zero-order chi connectivity index (χ0) is 21.2. The largest absolute Gasteiger partial charge is 0.325 e. The molecule has 0 aliphatic carbocycles. The van der Waals surface area contributed by atoms with E-state index in [-0.39, 0.29) is 23.4 Å². The van der Waals surface area contributed by atoms with Gasteiger partial charge >= 0.3 is 0 Å². The lowest BCUT2D eigenvalue weighted by atomic mass is 10.0. The number of likely N-dealkylation sites (N-methyl/N-ethyl adjacent to an activating group) is 1. The normalized spacial score (nSPS) is 18.6. The highest BCUT2D eigenvalue weighted by atomic mass is 32.2. The topological polar surface area (TPSA) is 95.7 Å². The molecular formula is C21H28N4O3S. The fourth-order valence-electron chi connectivity index (χ4n) is 3.63. The molecule has 7 nitrogen and oxygen atoms in total. The standard InChI is InChI=1S/C21H28N4O3S/c1-15-11-18(29(22,27)28)12-19(16(15)2)23-21(26)14-25-10-9-24(3)13-20(25)17-7-5-4-6-8-17/h4-8,11-12,20H,9-10,13-14H2,1-3H3,(H,23,26)(H2,22,27,28). The molecule has 3 rings (SSSR count). The third kappa shape index (κ3) is 5.22. The van der Waals surface area contributed by atoms with Gasteiger partial charge in [-0.25, -0.2) is 13.6 Å². The summed E-state index contributed by atoms with van der Waals surface area (Å²) >= 11 is 0. The molecule has 1 aliphatic rings. The quantitative estimate of drug-likeness (QED) is 0.776. The van der Waals surface area contributed by atoms with Crippen molar-refractivity contribution in [3.8, 4) is 0 Å². The Kier molecular flexibility index (Phi) is 6.38. The summed E-state index contributed by atoms with van der Waals surface area (Å²) < 4.78 is 23.5. The van der Waals surface area contributed by atoms with Crippen molar-refractivity contribution in [1.82, 2.24) is 9.80 Å². The van der Waals surface area contributed by atoms with Gasteiger partial charge in [-0.3, -0.25) is 9.69 Å². The highest BCUT2D eigenvalue weighted by Crippen LogP contribution is 2.26. The van der Waals surface area contributed by atoms with Crippen molar-refractivity contribution < 1.29 is 13.2 Å². The van der Waals surface area contributed by atoms with Crippen LogP contribution in [0.1, 0.15) is 22.7 Å². The molecule has 2 aromatic rings. The number of hydrogen-bond donors (Lipinski definition) is 2. The molecule has 29 heavy (non-hydrogen) atoms. The number of rotatable bonds is 5. The number of nitrogens with one attached hydrogen (secondary N) is 1. The smallest absolute Gasteiger partial charge is 0.238 e. The molecule has 1 unspecified atom stereocenters. The Morgan fingerprint density at radius 2 is 1.86 bits per heavy atom. The lowest BCUT2D eigenvalue weighted by Gasteiger charge is -2.40. The fraction of sp³-hybridized carbons (Fsp3) is 0.381. The lowest BCUT2D eigenvalue weighted by Crippen LogP contribution is -2.49. The van der Waals surface area contributed by atoms with E-state index in [9.17, 15) is 13.2 Å². The first-order valence-electron chi connectivity index (χ1n) is 9.56. The Morgan fingerprint density at radius 3 is 2.52 bits per heavy atom. The molecule has 0 saturated carbocycles. The summed E-state index contributed by atoms with van der Waals surface area (Å²) in [6, 6.07) is 13.2. The van der Waals surface area contributed by atoms with Gasteiger partial charge < -0.3 is 10.2 Å². The minimum absolute atomic E-state index is 0.00217. The number of primary sulfonamides is 1. The van der Waals surface area contributed by atoms with Crippen LogP contribution in [0.2, 0.25) is 0 Å². The van der Waals surface area contributed by atoms with E-state index in [0.717, 1.165) is 30.8 Å². The highest BCUT2D eigenvalue weighted by molar-refractivity contribution is 7.89. The summed E-state index contributed by atoms with van der Waals surface area (Å²) in [6.07, 6.45) is 0. The predicted octanol–water partition coefficient (Wildman–Crippen LogP) is 1.88. The Hall–Kier alpha value is -2.26. The van der Waals surface area contributed by atoms with Gasteiger partial charge in [0.25, 0.3) is 0 Å². The van der Waals surface area contributed by atoms with Gasteiger partial charge in [0.1, 0.15) is 0 Å². The van der Waals surface area contributed by atoms with Gasteiger partial charge in [-0.05, 0) is 49.7 Å². The first-order valence-corrected chi connectivity index (χ1v) is 11.1. The second-order valence-corrected chi connectivity index (χ2v) is 9.23. The molecule has 1 saturated heterocycles. The SMILES string of the molecule is Cc1cc(S(N)(=O)=O)cc(NC(=O)CN2CCN(C)CC2c2ccccc2)c1C. The van der Waals surface area contributed by atoms with Gasteiger partial charge in [-0.15, -0.1) is 0 Å². The molecular weight excluding hydrogens is 388 g/mol. The first-order chi connectivity index (χ1) is 13.6. The monoisotopic (exact) mass is 416 g/mol. The van der Waals surface area contributed by atoms with Gasteiger partial charge in [0.05, 0.1) is 11.4 Å². The van der Waals surface area contributed by atoms with Crippen LogP contribution in [0, 0.1) is 13.8 Å². The number of carbonyl (C=O) groups is 1. The van der Waals surface area contributed by atoms with Crippen LogP contribution in [0.5, 0.6) is 0 Å². The van der Waals surface area contributed by atoms with Gasteiger partial charge in [0.15, 0.2) is 0 Å². The number of carbonyl (C=O) groups excluding carboxylic acids is 1. The van der Waals surface area contributed by atoms with Gasteiger partial charge in [0.2, 0.25) is 15.9 Å². The van der Waals surface area contributed by atoms with Crippen LogP contribution in [-0.4, -0.2) is 57.4 Å². The Labute approximate surface area is 172 Å². The van der Waals surface area contributed by atoms with E-state index in [2.05, 4.69) is 34.3 Å². The van der Waals surface area contributed by atoms with Crippen LogP contribution in [0.15, 0.2) is 47.4 Å². The van der Waals surface area contributed by atoms with E-state index >= 15 is 0 Å². The van der Waals surface area contributed by atoms with Crippen LogP contribution < -0.4 is 10.5 Å². The van der Waals surface area contributed by atoms with Crippen molar-refractivity contribution >= 4 is 21.6 Å². The molecule has 0 spiro atoms. The van der Waals surface area contributed by atoms with Gasteiger partial charge in [0, 0.05) is 31.4 Å². The van der Waals surface area contributed by atoms with Crippen LogP contribution >= 0.6 is 0 Å². The van der Waals surface area contributed by atoms with Gasteiger partial charge in [-0.2, -0.15) is 0 Å². The summed E-state index contributed by atoms with van der Waals surface area (Å²) in [5.74, 6) is -0.176.